The van der Waals surface area contributed by atoms with E-state index >= 15 is 0 Å². The first-order chi connectivity index (χ1) is 16.2. The monoisotopic (exact) mass is 462 g/mol. The second-order valence-corrected chi connectivity index (χ2v) is 9.70. The van der Waals surface area contributed by atoms with E-state index in [1.54, 1.807) is 0 Å². The summed E-state index contributed by atoms with van der Waals surface area (Å²) < 4.78 is 32.3. The van der Waals surface area contributed by atoms with Crippen LogP contribution in [0.4, 0.5) is 25.0 Å². The van der Waals surface area contributed by atoms with E-state index in [0.717, 1.165) is 53.9 Å². The Bertz CT molecular complexity index is 1160. The molecule has 0 radical (unpaired) electrons. The molecule has 2 aliphatic rings. The first-order valence-electron chi connectivity index (χ1n) is 11.6. The lowest BCUT2D eigenvalue weighted by Gasteiger charge is -2.50. The third-order valence-corrected chi connectivity index (χ3v) is 7.77. The van der Waals surface area contributed by atoms with Gasteiger partial charge < -0.3 is 9.64 Å². The molecule has 0 fully saturated rings. The summed E-state index contributed by atoms with van der Waals surface area (Å²) in [6.45, 7) is 6.10. The van der Waals surface area contributed by atoms with Gasteiger partial charge in [0.25, 0.3) is 0 Å². The van der Waals surface area contributed by atoms with Gasteiger partial charge in [0.15, 0.2) is 0 Å². The second-order valence-electron chi connectivity index (χ2n) is 9.70. The lowest BCUT2D eigenvalue weighted by atomic mass is 9.64. The Labute approximate surface area is 198 Å². The molecule has 1 amide bonds. The van der Waals surface area contributed by atoms with E-state index in [1.807, 2.05) is 36.4 Å². The zero-order valence-corrected chi connectivity index (χ0v) is 19.6. The lowest BCUT2D eigenvalue weighted by molar-refractivity contribution is 0.187. The Morgan fingerprint density at radius 1 is 0.853 bits per heavy atom. The quantitative estimate of drug-likeness (QED) is 0.492. The summed E-state index contributed by atoms with van der Waals surface area (Å²) in [6, 6.07) is 17.4. The first-order valence-corrected chi connectivity index (χ1v) is 11.6. The molecule has 2 atom stereocenters. The van der Waals surface area contributed by atoms with Gasteiger partial charge in [0.05, 0.1) is 7.11 Å². The average molecular weight is 463 g/mol. The van der Waals surface area contributed by atoms with Crippen molar-refractivity contribution in [2.75, 3.05) is 30.4 Å². The minimum Gasteiger partial charge on any atom is -0.453 e. The van der Waals surface area contributed by atoms with Gasteiger partial charge in [-0.05, 0) is 71.5 Å². The molecule has 0 aliphatic carbocycles. The van der Waals surface area contributed by atoms with Crippen molar-refractivity contribution in [1.29, 1.82) is 0 Å². The van der Waals surface area contributed by atoms with Crippen molar-refractivity contribution in [3.05, 3.63) is 94.6 Å². The maximum Gasteiger partial charge on any atom is 0.411 e. The summed E-state index contributed by atoms with van der Waals surface area (Å²) in [5, 5.41) is 2.85. The molecule has 34 heavy (non-hydrogen) atoms. The average Bonchev–Trinajstić information content (AvgIpc) is 2.83. The number of carbonyl (C=O) groups is 1. The molecule has 1 N–H and O–H groups in total. The molecule has 6 heteroatoms. The predicted molar refractivity (Wildman–Crippen MR) is 130 cm³/mol. The van der Waals surface area contributed by atoms with Crippen LogP contribution in [0.1, 0.15) is 48.9 Å². The number of hydrogen-bond acceptors (Lipinski definition) is 3. The number of hydrogen-bond donors (Lipinski definition) is 1. The normalized spacial score (nSPS) is 23.3. The highest BCUT2D eigenvalue weighted by Crippen LogP contribution is 2.54. The van der Waals surface area contributed by atoms with Crippen molar-refractivity contribution in [3.63, 3.8) is 0 Å². The number of methoxy groups -OCH3 is 1. The summed E-state index contributed by atoms with van der Waals surface area (Å²) in [7, 11) is 1.34. The van der Waals surface area contributed by atoms with Crippen LogP contribution in [-0.4, -0.2) is 26.3 Å². The Kier molecular flexibility index (Phi) is 5.34. The van der Waals surface area contributed by atoms with E-state index in [0.29, 0.717) is 5.69 Å². The summed E-state index contributed by atoms with van der Waals surface area (Å²) >= 11 is 0. The van der Waals surface area contributed by atoms with Gasteiger partial charge in [-0.15, -0.1) is 0 Å². The number of rotatable bonds is 3. The van der Waals surface area contributed by atoms with Crippen LogP contribution in [0.5, 0.6) is 0 Å². The fourth-order valence-electron chi connectivity index (χ4n) is 5.61. The maximum absolute atomic E-state index is 13.7. The predicted octanol–water partition coefficient (Wildman–Crippen LogP) is 6.37. The van der Waals surface area contributed by atoms with Crippen molar-refractivity contribution in [2.45, 2.75) is 37.5 Å². The van der Waals surface area contributed by atoms with E-state index in [9.17, 15) is 13.6 Å². The van der Waals surface area contributed by atoms with Crippen LogP contribution in [0, 0.1) is 11.6 Å². The summed E-state index contributed by atoms with van der Waals surface area (Å²) in [4.78, 5) is 14.5. The molecule has 3 aromatic rings. The van der Waals surface area contributed by atoms with Gasteiger partial charge in [-0.3, -0.25) is 5.32 Å². The summed E-state index contributed by atoms with van der Waals surface area (Å²) in [5.41, 5.74) is 5.27. The van der Waals surface area contributed by atoms with Gasteiger partial charge in [0.1, 0.15) is 11.6 Å². The van der Waals surface area contributed by atoms with E-state index < -0.39 is 6.09 Å². The molecule has 0 saturated carbocycles. The molecule has 0 spiro atoms. The molecular formula is C28H28F2N2O2. The zero-order chi connectivity index (χ0) is 24.1. The van der Waals surface area contributed by atoms with Gasteiger partial charge in [0, 0.05) is 35.3 Å². The fourth-order valence-corrected chi connectivity index (χ4v) is 5.61. The first kappa shape index (κ1) is 22.4. The number of carbonyl (C=O) groups excluding carboxylic acids is 1. The maximum atomic E-state index is 13.7. The van der Waals surface area contributed by atoms with E-state index in [1.165, 1.54) is 31.4 Å². The zero-order valence-electron chi connectivity index (χ0n) is 19.6. The van der Waals surface area contributed by atoms with Crippen LogP contribution >= 0.6 is 0 Å². The number of nitrogens with one attached hydrogen (secondary N) is 1. The number of benzene rings is 3. The van der Waals surface area contributed by atoms with E-state index in [-0.39, 0.29) is 22.5 Å². The third-order valence-electron chi connectivity index (χ3n) is 7.77. The van der Waals surface area contributed by atoms with Gasteiger partial charge >= 0.3 is 6.09 Å². The number of amides is 1. The SMILES string of the molecule is COC(=O)Nc1cc2c3c(c1)[C@](C)(c1ccc(F)cc1)CCN3CC[C@@]2(C)c1ccc(F)cc1. The molecule has 5 rings (SSSR count). The van der Waals surface area contributed by atoms with Gasteiger partial charge in [0.2, 0.25) is 0 Å². The largest absolute Gasteiger partial charge is 0.453 e. The standard InChI is InChI=1S/C28H28F2N2O2/c1-27(18-4-8-20(29)9-5-18)12-14-32-15-13-28(2,19-6-10-21(30)11-7-19)24-17-22(31-26(33)34-3)16-23(27)25(24)32/h4-11,16-17H,12-15H2,1-3H3,(H,31,33)/t27-,28-/m0/s1. The minimum absolute atomic E-state index is 0.267. The number of ether oxygens (including phenoxy) is 1. The number of anilines is 2. The minimum atomic E-state index is -0.539. The molecule has 0 unspecified atom stereocenters. The highest BCUT2D eigenvalue weighted by atomic mass is 19.1. The van der Waals surface area contributed by atoms with E-state index in [2.05, 4.69) is 24.1 Å². The topological polar surface area (TPSA) is 41.6 Å². The lowest BCUT2D eigenvalue weighted by Crippen LogP contribution is -2.47. The van der Waals surface area contributed by atoms with Crippen LogP contribution in [0.15, 0.2) is 60.7 Å². The van der Waals surface area contributed by atoms with Crippen LogP contribution < -0.4 is 10.2 Å². The van der Waals surface area contributed by atoms with Crippen LogP contribution in [0.3, 0.4) is 0 Å². The smallest absolute Gasteiger partial charge is 0.411 e. The van der Waals surface area contributed by atoms with Gasteiger partial charge in [-0.2, -0.15) is 0 Å². The van der Waals surface area contributed by atoms with E-state index in [4.69, 9.17) is 4.74 Å². The Morgan fingerprint density at radius 2 is 1.29 bits per heavy atom. The second kappa shape index (κ2) is 8.12. The Hall–Kier alpha value is -3.41. The summed E-state index contributed by atoms with van der Waals surface area (Å²) in [5.74, 6) is -0.534. The van der Waals surface area contributed by atoms with Crippen LogP contribution in [-0.2, 0) is 15.6 Å². The molecule has 0 aromatic heterocycles. The molecule has 3 aromatic carbocycles. The van der Waals surface area contributed by atoms with Crippen molar-refractivity contribution in [3.8, 4) is 0 Å². The van der Waals surface area contributed by atoms with Crippen LogP contribution in [0.2, 0.25) is 0 Å². The Balaban J connectivity index is 1.75. The van der Waals surface area contributed by atoms with Crippen molar-refractivity contribution < 1.29 is 18.3 Å². The Morgan fingerprint density at radius 3 is 1.71 bits per heavy atom. The summed E-state index contributed by atoms with van der Waals surface area (Å²) in [6.07, 6.45) is 1.18. The van der Waals surface area contributed by atoms with Crippen molar-refractivity contribution in [2.24, 2.45) is 0 Å². The fraction of sp³-hybridized carbons (Fsp3) is 0.321. The molecular weight excluding hydrogens is 434 g/mol. The molecule has 2 aliphatic heterocycles. The molecule has 2 heterocycles. The molecule has 0 bridgehead atoms. The van der Waals surface area contributed by atoms with Crippen molar-refractivity contribution in [1.82, 2.24) is 0 Å². The van der Waals surface area contributed by atoms with Crippen LogP contribution in [0.25, 0.3) is 0 Å². The highest BCUT2D eigenvalue weighted by molar-refractivity contribution is 5.87. The third kappa shape index (κ3) is 3.52. The molecule has 4 nitrogen and oxygen atoms in total. The number of halogens is 2. The van der Waals surface area contributed by atoms with Crippen molar-refractivity contribution >= 4 is 17.5 Å². The molecule has 0 saturated heterocycles. The number of nitrogens with zero attached hydrogens (tertiary/aromatic N) is 1. The molecule has 176 valence electrons. The van der Waals surface area contributed by atoms with Gasteiger partial charge in [-0.1, -0.05) is 38.1 Å². The van der Waals surface area contributed by atoms with Gasteiger partial charge in [-0.25, -0.2) is 13.6 Å². The highest BCUT2D eigenvalue weighted by Gasteiger charge is 2.45.